The van der Waals surface area contributed by atoms with Gasteiger partial charge in [0.1, 0.15) is 5.60 Å². The molecule has 3 amide bonds. The van der Waals surface area contributed by atoms with Crippen LogP contribution in [0.4, 0.5) is 16.2 Å². The number of benzene rings is 2. The summed E-state index contributed by atoms with van der Waals surface area (Å²) >= 11 is 0. The zero-order valence-corrected chi connectivity index (χ0v) is 19.5. The fourth-order valence-corrected chi connectivity index (χ4v) is 3.52. The van der Waals surface area contributed by atoms with Gasteiger partial charge < -0.3 is 19.9 Å². The van der Waals surface area contributed by atoms with Gasteiger partial charge in [0.05, 0.1) is 0 Å². The minimum Gasteiger partial charge on any atom is -0.444 e. The van der Waals surface area contributed by atoms with Crippen LogP contribution >= 0.6 is 0 Å². The molecule has 8 heteroatoms. The number of piperazine rings is 1. The van der Waals surface area contributed by atoms with Crippen molar-refractivity contribution in [3.63, 3.8) is 0 Å². The highest BCUT2D eigenvalue weighted by Gasteiger charge is 2.21. The summed E-state index contributed by atoms with van der Waals surface area (Å²) in [6, 6.07) is 16.7. The van der Waals surface area contributed by atoms with E-state index < -0.39 is 11.7 Å². The highest BCUT2D eigenvalue weighted by molar-refractivity contribution is 5.95. The molecule has 0 atom stereocenters. The van der Waals surface area contributed by atoms with Gasteiger partial charge in [-0.2, -0.15) is 0 Å². The summed E-state index contributed by atoms with van der Waals surface area (Å²) in [5, 5.41) is 5.41. The molecule has 176 valence electrons. The number of nitrogens with one attached hydrogen (secondary N) is 2. The van der Waals surface area contributed by atoms with Crippen LogP contribution in [0, 0.1) is 0 Å². The van der Waals surface area contributed by atoms with Gasteiger partial charge >= 0.3 is 6.09 Å². The fourth-order valence-electron chi connectivity index (χ4n) is 3.52. The van der Waals surface area contributed by atoms with Crippen LogP contribution in [0.15, 0.2) is 54.6 Å². The molecule has 0 radical (unpaired) electrons. The first kappa shape index (κ1) is 24.1. The van der Waals surface area contributed by atoms with Crippen molar-refractivity contribution in [1.29, 1.82) is 0 Å². The maximum Gasteiger partial charge on any atom is 0.412 e. The number of rotatable bonds is 6. The van der Waals surface area contributed by atoms with Gasteiger partial charge in [-0.15, -0.1) is 0 Å². The van der Waals surface area contributed by atoms with Gasteiger partial charge in [0.2, 0.25) is 5.91 Å². The summed E-state index contributed by atoms with van der Waals surface area (Å²) < 4.78 is 5.21. The minimum atomic E-state index is -0.586. The van der Waals surface area contributed by atoms with Crippen LogP contribution in [-0.2, 0) is 9.53 Å². The molecule has 0 spiro atoms. The van der Waals surface area contributed by atoms with E-state index in [4.69, 9.17) is 4.74 Å². The number of para-hydroxylation sites is 1. The highest BCUT2D eigenvalue weighted by atomic mass is 16.6. The van der Waals surface area contributed by atoms with Crippen molar-refractivity contribution in [3.05, 3.63) is 60.2 Å². The molecule has 2 aromatic rings. The van der Waals surface area contributed by atoms with E-state index in [1.165, 1.54) is 5.69 Å². The quantitative estimate of drug-likeness (QED) is 0.700. The van der Waals surface area contributed by atoms with Crippen LogP contribution in [0.2, 0.25) is 0 Å². The van der Waals surface area contributed by atoms with E-state index >= 15 is 0 Å². The molecule has 1 heterocycles. The van der Waals surface area contributed by atoms with Crippen molar-refractivity contribution >= 4 is 29.3 Å². The Hall–Kier alpha value is -3.55. The molecule has 2 aromatic carbocycles. The third-order valence-corrected chi connectivity index (χ3v) is 5.17. The predicted octanol–water partition coefficient (Wildman–Crippen LogP) is 3.50. The van der Waals surface area contributed by atoms with E-state index in [0.29, 0.717) is 24.3 Å². The first-order valence-electron chi connectivity index (χ1n) is 11.2. The summed E-state index contributed by atoms with van der Waals surface area (Å²) in [6.07, 6.45) is -0.294. The van der Waals surface area contributed by atoms with Gasteiger partial charge in [0.25, 0.3) is 5.91 Å². The molecule has 3 rings (SSSR count). The third kappa shape index (κ3) is 7.52. The fraction of sp³-hybridized carbons (Fsp3) is 0.400. The Morgan fingerprint density at radius 1 is 0.909 bits per heavy atom. The molecule has 1 aliphatic heterocycles. The molecular formula is C25H32N4O4. The van der Waals surface area contributed by atoms with Crippen LogP contribution in [0.3, 0.4) is 0 Å². The van der Waals surface area contributed by atoms with Crippen LogP contribution in [0.5, 0.6) is 0 Å². The monoisotopic (exact) mass is 452 g/mol. The molecule has 1 fully saturated rings. The molecule has 1 saturated heterocycles. The van der Waals surface area contributed by atoms with Gasteiger partial charge in [-0.25, -0.2) is 4.79 Å². The van der Waals surface area contributed by atoms with Crippen molar-refractivity contribution in [3.8, 4) is 0 Å². The summed E-state index contributed by atoms with van der Waals surface area (Å²) in [7, 11) is 0. The summed E-state index contributed by atoms with van der Waals surface area (Å²) in [4.78, 5) is 40.8. The first-order chi connectivity index (χ1) is 15.7. The van der Waals surface area contributed by atoms with Crippen LogP contribution in [-0.4, -0.2) is 61.1 Å². The second-order valence-electron chi connectivity index (χ2n) is 8.91. The van der Waals surface area contributed by atoms with Crippen molar-refractivity contribution in [2.75, 3.05) is 42.9 Å². The van der Waals surface area contributed by atoms with Gasteiger partial charge in [0, 0.05) is 56.1 Å². The van der Waals surface area contributed by atoms with Crippen molar-refractivity contribution in [2.24, 2.45) is 0 Å². The molecule has 8 nitrogen and oxygen atoms in total. The summed E-state index contributed by atoms with van der Waals surface area (Å²) in [6.45, 7) is 8.58. The lowest BCUT2D eigenvalue weighted by Crippen LogP contribution is -2.49. The average molecular weight is 453 g/mol. The zero-order chi connectivity index (χ0) is 23.8. The SMILES string of the molecule is CC(C)(C)OC(=O)Nc1ccc(C(=O)NCCC(=O)N2CCN(c3ccccc3)CC2)cc1. The number of amides is 3. The van der Waals surface area contributed by atoms with Gasteiger partial charge in [-0.1, -0.05) is 18.2 Å². The Kier molecular flexibility index (Phi) is 7.92. The number of anilines is 2. The lowest BCUT2D eigenvalue weighted by molar-refractivity contribution is -0.131. The minimum absolute atomic E-state index is 0.0416. The topological polar surface area (TPSA) is 91.0 Å². The number of ether oxygens (including phenoxy) is 1. The van der Waals surface area contributed by atoms with E-state index in [0.717, 1.165) is 13.1 Å². The molecule has 0 aliphatic carbocycles. The third-order valence-electron chi connectivity index (χ3n) is 5.17. The smallest absolute Gasteiger partial charge is 0.412 e. The largest absolute Gasteiger partial charge is 0.444 e. The van der Waals surface area contributed by atoms with E-state index in [-0.39, 0.29) is 24.8 Å². The Morgan fingerprint density at radius 3 is 2.15 bits per heavy atom. The van der Waals surface area contributed by atoms with Crippen molar-refractivity contribution in [1.82, 2.24) is 10.2 Å². The zero-order valence-electron chi connectivity index (χ0n) is 19.5. The van der Waals surface area contributed by atoms with Crippen molar-refractivity contribution in [2.45, 2.75) is 32.8 Å². The molecule has 0 bridgehead atoms. The van der Waals surface area contributed by atoms with Crippen LogP contribution < -0.4 is 15.5 Å². The lowest BCUT2D eigenvalue weighted by Gasteiger charge is -2.36. The van der Waals surface area contributed by atoms with Crippen LogP contribution in [0.25, 0.3) is 0 Å². The number of carbonyl (C=O) groups is 3. The van der Waals surface area contributed by atoms with Crippen LogP contribution in [0.1, 0.15) is 37.6 Å². The number of hydrogen-bond donors (Lipinski definition) is 2. The Balaban J connectivity index is 1.38. The second-order valence-corrected chi connectivity index (χ2v) is 8.91. The van der Waals surface area contributed by atoms with E-state index in [9.17, 15) is 14.4 Å². The summed E-state index contributed by atoms with van der Waals surface area (Å²) in [5.41, 5.74) is 1.57. The second kappa shape index (κ2) is 10.8. The Morgan fingerprint density at radius 2 is 1.55 bits per heavy atom. The van der Waals surface area contributed by atoms with E-state index in [1.807, 2.05) is 23.1 Å². The predicted molar refractivity (Wildman–Crippen MR) is 128 cm³/mol. The molecule has 0 aromatic heterocycles. The standard InChI is InChI=1S/C25H32N4O4/c1-25(2,3)33-24(32)27-20-11-9-19(10-12-20)23(31)26-14-13-22(30)29-17-15-28(16-18-29)21-7-5-4-6-8-21/h4-12H,13-18H2,1-3H3,(H,26,31)(H,27,32). The molecule has 1 aliphatic rings. The van der Waals surface area contributed by atoms with Crippen molar-refractivity contribution < 1.29 is 19.1 Å². The number of carbonyl (C=O) groups excluding carboxylic acids is 3. The Labute approximate surface area is 194 Å². The van der Waals surface area contributed by atoms with Gasteiger partial charge in [0.15, 0.2) is 0 Å². The van der Waals surface area contributed by atoms with Gasteiger partial charge in [-0.05, 0) is 57.2 Å². The number of nitrogens with zero attached hydrogens (tertiary/aromatic N) is 2. The van der Waals surface area contributed by atoms with E-state index in [1.54, 1.807) is 45.0 Å². The van der Waals surface area contributed by atoms with E-state index in [2.05, 4.69) is 27.7 Å². The normalized spacial score (nSPS) is 13.9. The maximum absolute atomic E-state index is 12.5. The lowest BCUT2D eigenvalue weighted by atomic mass is 10.2. The first-order valence-corrected chi connectivity index (χ1v) is 11.2. The number of hydrogen-bond acceptors (Lipinski definition) is 5. The summed E-state index contributed by atoms with van der Waals surface area (Å²) in [5.74, 6) is -0.222. The molecular weight excluding hydrogens is 420 g/mol. The maximum atomic E-state index is 12.5. The van der Waals surface area contributed by atoms with Gasteiger partial charge in [-0.3, -0.25) is 14.9 Å². The molecule has 0 unspecified atom stereocenters. The highest BCUT2D eigenvalue weighted by Crippen LogP contribution is 2.16. The molecule has 33 heavy (non-hydrogen) atoms. The Bertz CT molecular complexity index is 947. The average Bonchev–Trinajstić information content (AvgIpc) is 2.79. The molecule has 0 saturated carbocycles. The molecule has 2 N–H and O–H groups in total.